The van der Waals surface area contributed by atoms with Crippen molar-refractivity contribution in [2.75, 3.05) is 5.88 Å². The molecule has 0 fully saturated rings. The molecule has 0 aliphatic carbocycles. The number of sulfonamides is 1. The highest BCUT2D eigenvalue weighted by Crippen LogP contribution is 2.20. The zero-order chi connectivity index (χ0) is 14.0. The van der Waals surface area contributed by atoms with E-state index in [1.807, 2.05) is 0 Å². The van der Waals surface area contributed by atoms with Gasteiger partial charge in [0.15, 0.2) is 0 Å². The fourth-order valence-corrected chi connectivity index (χ4v) is 3.16. The molecule has 1 N–H and O–H groups in total. The summed E-state index contributed by atoms with van der Waals surface area (Å²) >= 11 is 5.68. The van der Waals surface area contributed by atoms with Crippen molar-refractivity contribution in [1.82, 2.24) is 4.72 Å². The standard InChI is InChI=1S/C11H14ClF2NO2S/c1-3-11(2,7-12)15-18(16,17)10-6-8(13)4-5-9(10)14/h4-6,15H,3,7H2,1-2H3. The predicted octanol–water partition coefficient (Wildman–Crippen LogP) is 2.65. The van der Waals surface area contributed by atoms with Crippen LogP contribution in [0.5, 0.6) is 0 Å². The van der Waals surface area contributed by atoms with Crippen molar-refractivity contribution >= 4 is 21.6 Å². The quantitative estimate of drug-likeness (QED) is 0.849. The predicted molar refractivity (Wildman–Crippen MR) is 66.1 cm³/mol. The van der Waals surface area contributed by atoms with Gasteiger partial charge in [-0.1, -0.05) is 6.92 Å². The number of benzene rings is 1. The van der Waals surface area contributed by atoms with Crippen molar-refractivity contribution in [2.24, 2.45) is 0 Å². The first kappa shape index (κ1) is 15.3. The minimum absolute atomic E-state index is 0.0274. The van der Waals surface area contributed by atoms with E-state index in [-0.39, 0.29) is 5.88 Å². The van der Waals surface area contributed by atoms with Crippen LogP contribution in [0.3, 0.4) is 0 Å². The highest BCUT2D eigenvalue weighted by atomic mass is 35.5. The summed E-state index contributed by atoms with van der Waals surface area (Å²) in [6, 6.07) is 2.27. The smallest absolute Gasteiger partial charge is 0.207 e. The van der Waals surface area contributed by atoms with Crippen molar-refractivity contribution in [1.29, 1.82) is 0 Å². The highest BCUT2D eigenvalue weighted by Gasteiger charge is 2.30. The largest absolute Gasteiger partial charge is 0.244 e. The van der Waals surface area contributed by atoms with E-state index in [1.54, 1.807) is 13.8 Å². The Labute approximate surface area is 110 Å². The molecule has 0 saturated heterocycles. The number of hydrogen-bond acceptors (Lipinski definition) is 2. The topological polar surface area (TPSA) is 46.2 Å². The van der Waals surface area contributed by atoms with Crippen molar-refractivity contribution in [3.63, 3.8) is 0 Å². The summed E-state index contributed by atoms with van der Waals surface area (Å²) in [5, 5.41) is 0. The first-order valence-electron chi connectivity index (χ1n) is 5.29. The van der Waals surface area contributed by atoms with Gasteiger partial charge in [0.1, 0.15) is 16.5 Å². The van der Waals surface area contributed by atoms with Crippen LogP contribution in [0.15, 0.2) is 23.1 Å². The van der Waals surface area contributed by atoms with Crippen LogP contribution in [-0.2, 0) is 10.0 Å². The van der Waals surface area contributed by atoms with Gasteiger partial charge in [0, 0.05) is 11.4 Å². The van der Waals surface area contributed by atoms with E-state index in [1.165, 1.54) is 0 Å². The first-order valence-corrected chi connectivity index (χ1v) is 7.31. The van der Waals surface area contributed by atoms with Crippen LogP contribution in [0.2, 0.25) is 0 Å². The van der Waals surface area contributed by atoms with Gasteiger partial charge >= 0.3 is 0 Å². The van der Waals surface area contributed by atoms with Gasteiger partial charge in [0.2, 0.25) is 10.0 Å². The van der Waals surface area contributed by atoms with Gasteiger partial charge < -0.3 is 0 Å². The molecule has 0 amide bonds. The second-order valence-electron chi connectivity index (χ2n) is 4.23. The minimum Gasteiger partial charge on any atom is -0.207 e. The summed E-state index contributed by atoms with van der Waals surface area (Å²) in [5.41, 5.74) is -0.904. The number of rotatable bonds is 5. The molecule has 1 unspecified atom stereocenters. The summed E-state index contributed by atoms with van der Waals surface area (Å²) < 4.78 is 52.6. The van der Waals surface area contributed by atoms with E-state index >= 15 is 0 Å². The Morgan fingerprint density at radius 2 is 2.00 bits per heavy atom. The summed E-state index contributed by atoms with van der Waals surface area (Å²) in [6.07, 6.45) is 0.423. The second kappa shape index (κ2) is 5.50. The molecule has 0 bridgehead atoms. The maximum atomic E-state index is 13.4. The van der Waals surface area contributed by atoms with Crippen molar-refractivity contribution in [3.05, 3.63) is 29.8 Å². The Morgan fingerprint density at radius 1 is 1.39 bits per heavy atom. The number of nitrogens with one attached hydrogen (secondary N) is 1. The molecule has 1 aromatic carbocycles. The molecule has 0 aliphatic heterocycles. The van der Waals surface area contributed by atoms with Gasteiger partial charge in [-0.2, -0.15) is 0 Å². The highest BCUT2D eigenvalue weighted by molar-refractivity contribution is 7.89. The van der Waals surface area contributed by atoms with E-state index in [2.05, 4.69) is 4.72 Å². The molecule has 18 heavy (non-hydrogen) atoms. The van der Waals surface area contributed by atoms with Gasteiger partial charge in [0.25, 0.3) is 0 Å². The van der Waals surface area contributed by atoms with E-state index < -0.39 is 32.1 Å². The molecular formula is C11H14ClF2NO2S. The summed E-state index contributed by atoms with van der Waals surface area (Å²) in [5.74, 6) is -1.79. The maximum Gasteiger partial charge on any atom is 0.244 e. The van der Waals surface area contributed by atoms with Crippen LogP contribution in [0.25, 0.3) is 0 Å². The molecule has 102 valence electrons. The summed E-state index contributed by atoms with van der Waals surface area (Å²) in [6.45, 7) is 3.33. The molecule has 0 heterocycles. The molecule has 1 aromatic rings. The van der Waals surface area contributed by atoms with Gasteiger partial charge in [0.05, 0.1) is 0 Å². The molecule has 0 saturated carbocycles. The lowest BCUT2D eigenvalue weighted by Crippen LogP contribution is -2.47. The van der Waals surface area contributed by atoms with E-state index in [0.717, 1.165) is 12.1 Å². The molecule has 1 atom stereocenters. The second-order valence-corrected chi connectivity index (χ2v) is 6.15. The van der Waals surface area contributed by atoms with Gasteiger partial charge in [-0.15, -0.1) is 11.6 Å². The van der Waals surface area contributed by atoms with Crippen LogP contribution in [0, 0.1) is 11.6 Å². The molecule has 3 nitrogen and oxygen atoms in total. The molecule has 7 heteroatoms. The van der Waals surface area contributed by atoms with Crippen LogP contribution in [0.1, 0.15) is 20.3 Å². The van der Waals surface area contributed by atoms with Crippen LogP contribution in [0.4, 0.5) is 8.78 Å². The first-order chi connectivity index (χ1) is 8.24. The molecule has 0 radical (unpaired) electrons. The molecule has 0 aromatic heterocycles. The Balaban J connectivity index is 3.18. The van der Waals surface area contributed by atoms with Gasteiger partial charge in [-0.25, -0.2) is 21.9 Å². The third-order valence-corrected chi connectivity index (χ3v) is 4.88. The van der Waals surface area contributed by atoms with E-state index in [9.17, 15) is 17.2 Å². The zero-order valence-corrected chi connectivity index (χ0v) is 11.6. The molecule has 0 spiro atoms. The maximum absolute atomic E-state index is 13.4. The Morgan fingerprint density at radius 3 is 2.50 bits per heavy atom. The minimum atomic E-state index is -4.14. The van der Waals surface area contributed by atoms with E-state index in [0.29, 0.717) is 12.5 Å². The molecular weight excluding hydrogens is 284 g/mol. The van der Waals surface area contributed by atoms with Gasteiger partial charge in [-0.3, -0.25) is 0 Å². The lowest BCUT2D eigenvalue weighted by atomic mass is 10.0. The Bertz CT molecular complexity index is 530. The SMILES string of the molecule is CCC(C)(CCl)NS(=O)(=O)c1cc(F)ccc1F. The van der Waals surface area contributed by atoms with Crippen LogP contribution < -0.4 is 4.72 Å². The van der Waals surface area contributed by atoms with Crippen molar-refractivity contribution in [3.8, 4) is 0 Å². The zero-order valence-electron chi connectivity index (χ0n) is 10.0. The summed E-state index contributed by atoms with van der Waals surface area (Å²) in [4.78, 5) is -0.715. The van der Waals surface area contributed by atoms with Gasteiger partial charge in [-0.05, 0) is 31.5 Å². The number of alkyl halides is 1. The van der Waals surface area contributed by atoms with Crippen LogP contribution in [-0.4, -0.2) is 19.8 Å². The van der Waals surface area contributed by atoms with Crippen molar-refractivity contribution < 1.29 is 17.2 Å². The summed E-state index contributed by atoms with van der Waals surface area (Å²) in [7, 11) is -4.14. The lowest BCUT2D eigenvalue weighted by molar-refractivity contribution is 0.441. The third kappa shape index (κ3) is 3.40. The average molecular weight is 298 g/mol. The monoisotopic (exact) mass is 297 g/mol. The normalized spacial score (nSPS) is 15.4. The molecule has 1 rings (SSSR count). The average Bonchev–Trinajstić information content (AvgIpc) is 2.31. The number of halogens is 3. The fourth-order valence-electron chi connectivity index (χ4n) is 1.26. The molecule has 0 aliphatic rings. The lowest BCUT2D eigenvalue weighted by Gasteiger charge is -2.26. The van der Waals surface area contributed by atoms with Crippen molar-refractivity contribution in [2.45, 2.75) is 30.7 Å². The number of hydrogen-bond donors (Lipinski definition) is 1. The Kier molecular flexibility index (Phi) is 4.69. The van der Waals surface area contributed by atoms with E-state index in [4.69, 9.17) is 11.6 Å². The van der Waals surface area contributed by atoms with Crippen LogP contribution >= 0.6 is 11.6 Å². The third-order valence-electron chi connectivity index (χ3n) is 2.64. The fraction of sp³-hybridized carbons (Fsp3) is 0.455. The Hall–Kier alpha value is -0.720.